The Bertz CT molecular complexity index is 1260. The molecule has 3 aromatic carbocycles. The van der Waals surface area contributed by atoms with Crippen LogP contribution in [0.1, 0.15) is 11.1 Å². The van der Waals surface area contributed by atoms with E-state index in [-0.39, 0.29) is 28.8 Å². The normalized spacial score (nSPS) is 13.4. The first-order valence-corrected chi connectivity index (χ1v) is 12.0. The molecule has 1 unspecified atom stereocenters. The Morgan fingerprint density at radius 1 is 1.00 bits per heavy atom. The highest BCUT2D eigenvalue weighted by Crippen LogP contribution is 2.36. The second-order valence-electron chi connectivity index (χ2n) is 7.56. The summed E-state index contributed by atoms with van der Waals surface area (Å²) in [6.07, 6.45) is -1.11. The average molecular weight is 487 g/mol. The third kappa shape index (κ3) is 4.60. The van der Waals surface area contributed by atoms with Crippen LogP contribution in [-0.4, -0.2) is 57.0 Å². The first kappa shape index (κ1) is 23.3. The number of oxime groups is 1. The number of fused-ring (bicyclic) bond motifs is 3. The fourth-order valence-corrected chi connectivity index (χ4v) is 5.37. The lowest BCUT2D eigenvalue weighted by Gasteiger charge is -2.21. The van der Waals surface area contributed by atoms with Gasteiger partial charge in [-0.1, -0.05) is 65.3 Å². The number of aliphatic hydroxyl groups excluding tert-OH is 1. The fraction of sp³-hybridized carbons (Fsp3) is 0.208. The number of likely N-dealkylation sites (N-methyl/N-ethyl adjacent to an activating group) is 1. The van der Waals surface area contributed by atoms with Crippen LogP contribution in [0.5, 0.6) is 5.75 Å². The molecule has 1 aliphatic rings. The van der Waals surface area contributed by atoms with Gasteiger partial charge in [0.25, 0.3) is 0 Å². The van der Waals surface area contributed by atoms with E-state index in [1.165, 1.54) is 26.3 Å². The number of sulfonamides is 1. The number of aliphatic hydroxyl groups is 1. The molecule has 0 heterocycles. The van der Waals surface area contributed by atoms with Crippen LogP contribution < -0.4 is 4.74 Å². The summed E-state index contributed by atoms with van der Waals surface area (Å²) >= 11 is 5.97. The molecule has 0 saturated heterocycles. The van der Waals surface area contributed by atoms with Crippen LogP contribution in [0.25, 0.3) is 11.1 Å². The maximum Gasteiger partial charge on any atom is 0.246 e. The van der Waals surface area contributed by atoms with Gasteiger partial charge in [0, 0.05) is 29.7 Å². The van der Waals surface area contributed by atoms with Crippen molar-refractivity contribution in [3.05, 3.63) is 82.9 Å². The van der Waals surface area contributed by atoms with Gasteiger partial charge in [-0.25, -0.2) is 8.42 Å². The maximum atomic E-state index is 13.0. The molecule has 0 aliphatic heterocycles. The maximum absolute atomic E-state index is 13.0. The molecule has 9 heteroatoms. The standard InChI is InChI=1S/C24H23ClN2O5S/c1-27(33(29,30)23-13-16(25)11-12-22(23)31-2)14-17(28)15-32-26-24-20-9-5-3-7-18(20)19-8-4-6-10-21(19)24/h3-13,17,28H,14-15H2,1-2H3. The molecule has 172 valence electrons. The number of benzene rings is 3. The summed E-state index contributed by atoms with van der Waals surface area (Å²) in [5.74, 6) is 0.168. The number of hydrogen-bond donors (Lipinski definition) is 1. The smallest absolute Gasteiger partial charge is 0.246 e. The number of ether oxygens (including phenoxy) is 1. The monoisotopic (exact) mass is 486 g/mol. The van der Waals surface area contributed by atoms with Crippen molar-refractivity contribution in [2.24, 2.45) is 5.16 Å². The first-order chi connectivity index (χ1) is 15.8. The highest BCUT2D eigenvalue weighted by molar-refractivity contribution is 7.89. The summed E-state index contributed by atoms with van der Waals surface area (Å²) in [7, 11) is -1.20. The summed E-state index contributed by atoms with van der Waals surface area (Å²) in [6.45, 7) is -0.379. The molecule has 7 nitrogen and oxygen atoms in total. The Morgan fingerprint density at radius 2 is 1.58 bits per heavy atom. The third-order valence-corrected chi connectivity index (χ3v) is 7.44. The Morgan fingerprint density at radius 3 is 2.15 bits per heavy atom. The van der Waals surface area contributed by atoms with Gasteiger partial charge in [0.15, 0.2) is 0 Å². The Kier molecular flexibility index (Phi) is 6.71. The van der Waals surface area contributed by atoms with Crippen LogP contribution in [0.3, 0.4) is 0 Å². The van der Waals surface area contributed by atoms with Gasteiger partial charge in [0.05, 0.1) is 7.11 Å². The van der Waals surface area contributed by atoms with E-state index in [0.29, 0.717) is 5.71 Å². The van der Waals surface area contributed by atoms with E-state index in [1.54, 1.807) is 6.07 Å². The molecule has 0 spiro atoms. The van der Waals surface area contributed by atoms with Crippen molar-refractivity contribution < 1.29 is 23.1 Å². The summed E-state index contributed by atoms with van der Waals surface area (Å²) in [6, 6.07) is 20.1. The predicted octanol–water partition coefficient (Wildman–Crippen LogP) is 3.78. The minimum atomic E-state index is -3.95. The lowest BCUT2D eigenvalue weighted by atomic mass is 10.1. The first-order valence-electron chi connectivity index (χ1n) is 10.2. The number of rotatable bonds is 8. The van der Waals surface area contributed by atoms with Crippen molar-refractivity contribution in [2.45, 2.75) is 11.0 Å². The van der Waals surface area contributed by atoms with Gasteiger partial charge >= 0.3 is 0 Å². The Hall–Kier alpha value is -2.91. The lowest BCUT2D eigenvalue weighted by molar-refractivity contribution is 0.0331. The van der Waals surface area contributed by atoms with E-state index in [4.69, 9.17) is 21.2 Å². The zero-order valence-corrected chi connectivity index (χ0v) is 19.7. The van der Waals surface area contributed by atoms with E-state index in [1.807, 2.05) is 48.5 Å². The number of nitrogens with zero attached hydrogens (tertiary/aromatic N) is 2. The van der Waals surface area contributed by atoms with Gasteiger partial charge in [-0.3, -0.25) is 0 Å². The van der Waals surface area contributed by atoms with Gasteiger partial charge < -0.3 is 14.7 Å². The molecule has 0 radical (unpaired) electrons. The van der Waals surface area contributed by atoms with Crippen LogP contribution in [0.2, 0.25) is 5.02 Å². The van der Waals surface area contributed by atoms with Gasteiger partial charge in [-0.05, 0) is 29.3 Å². The van der Waals surface area contributed by atoms with Gasteiger partial charge in [0.2, 0.25) is 10.0 Å². The molecule has 33 heavy (non-hydrogen) atoms. The van der Waals surface area contributed by atoms with Crippen molar-refractivity contribution >= 4 is 27.3 Å². The molecule has 0 saturated carbocycles. The Balaban J connectivity index is 1.46. The van der Waals surface area contributed by atoms with Crippen LogP contribution in [0.15, 0.2) is 76.8 Å². The summed E-state index contributed by atoms with van der Waals surface area (Å²) < 4.78 is 32.1. The van der Waals surface area contributed by atoms with Crippen LogP contribution in [-0.2, 0) is 14.9 Å². The van der Waals surface area contributed by atoms with Gasteiger partial charge in [-0.2, -0.15) is 4.31 Å². The molecule has 0 aromatic heterocycles. The summed E-state index contributed by atoms with van der Waals surface area (Å²) in [5.41, 5.74) is 4.70. The van der Waals surface area contributed by atoms with E-state index in [0.717, 1.165) is 26.6 Å². The second kappa shape index (κ2) is 9.52. The van der Waals surface area contributed by atoms with E-state index in [9.17, 15) is 13.5 Å². The van der Waals surface area contributed by atoms with Crippen molar-refractivity contribution in [1.29, 1.82) is 0 Å². The number of halogens is 1. The lowest BCUT2D eigenvalue weighted by Crippen LogP contribution is -2.36. The van der Waals surface area contributed by atoms with Crippen molar-refractivity contribution in [2.75, 3.05) is 27.3 Å². The van der Waals surface area contributed by atoms with Crippen molar-refractivity contribution in [1.82, 2.24) is 4.31 Å². The molecule has 4 rings (SSSR count). The SMILES string of the molecule is COc1ccc(Cl)cc1S(=O)(=O)N(C)CC(O)CON=C1c2ccccc2-c2ccccc21. The quantitative estimate of drug-likeness (QED) is 0.383. The zero-order chi connectivity index (χ0) is 23.6. The van der Waals surface area contributed by atoms with Crippen LogP contribution in [0, 0.1) is 0 Å². The number of hydrogen-bond acceptors (Lipinski definition) is 6. The molecular weight excluding hydrogens is 464 g/mol. The highest BCUT2D eigenvalue weighted by Gasteiger charge is 2.28. The average Bonchev–Trinajstić information content (AvgIpc) is 3.13. The largest absolute Gasteiger partial charge is 0.495 e. The molecule has 0 fully saturated rings. The molecule has 1 aliphatic carbocycles. The molecule has 3 aromatic rings. The molecule has 0 bridgehead atoms. The summed E-state index contributed by atoms with van der Waals surface area (Å²) in [4.78, 5) is 5.37. The summed E-state index contributed by atoms with van der Waals surface area (Å²) in [5, 5.41) is 14.9. The Labute approximate surface area is 197 Å². The second-order valence-corrected chi connectivity index (χ2v) is 10.0. The zero-order valence-electron chi connectivity index (χ0n) is 18.1. The minimum absolute atomic E-state index is 0.0764. The minimum Gasteiger partial charge on any atom is -0.495 e. The van der Waals surface area contributed by atoms with Gasteiger partial charge in [-0.15, -0.1) is 0 Å². The molecule has 1 N–H and O–H groups in total. The van der Waals surface area contributed by atoms with E-state index < -0.39 is 16.1 Å². The van der Waals surface area contributed by atoms with Gasteiger partial charge in [0.1, 0.15) is 29.1 Å². The molecule has 1 atom stereocenters. The van der Waals surface area contributed by atoms with Crippen LogP contribution >= 0.6 is 11.6 Å². The predicted molar refractivity (Wildman–Crippen MR) is 127 cm³/mol. The number of methoxy groups -OCH3 is 1. The van der Waals surface area contributed by atoms with Crippen molar-refractivity contribution in [3.8, 4) is 16.9 Å². The topological polar surface area (TPSA) is 88.4 Å². The molecular formula is C24H23ClN2O5S. The van der Waals surface area contributed by atoms with E-state index in [2.05, 4.69) is 5.16 Å². The highest BCUT2D eigenvalue weighted by atomic mass is 35.5. The third-order valence-electron chi connectivity index (χ3n) is 5.36. The fourth-order valence-electron chi connectivity index (χ4n) is 3.75. The van der Waals surface area contributed by atoms with E-state index >= 15 is 0 Å². The van der Waals surface area contributed by atoms with Crippen molar-refractivity contribution in [3.63, 3.8) is 0 Å². The molecule has 0 amide bonds. The van der Waals surface area contributed by atoms with Crippen LogP contribution in [0.4, 0.5) is 0 Å².